The highest BCUT2D eigenvalue weighted by Crippen LogP contribution is 2.35. The van der Waals surface area contributed by atoms with Crippen molar-refractivity contribution in [1.82, 2.24) is 5.43 Å². The Morgan fingerprint density at radius 3 is 2.37 bits per heavy atom. The molecule has 2 N–H and O–H groups in total. The molecule has 8 heteroatoms. The van der Waals surface area contributed by atoms with Gasteiger partial charge in [0.15, 0.2) is 0 Å². The summed E-state index contributed by atoms with van der Waals surface area (Å²) in [5.74, 6) is 0.439. The Labute approximate surface area is 196 Å². The molecule has 0 saturated carbocycles. The van der Waals surface area contributed by atoms with Crippen LogP contribution < -0.4 is 15.5 Å². The third kappa shape index (κ3) is 6.86. The molecule has 154 valence electrons. The Morgan fingerprint density at radius 2 is 1.70 bits per heavy atom. The number of rotatable bonds is 8. The Kier molecular flexibility index (Phi) is 8.30. The maximum Gasteiger partial charge on any atom is 0.259 e. The molecule has 5 nitrogen and oxygen atoms in total. The largest absolute Gasteiger partial charge is 0.487 e. The lowest BCUT2D eigenvalue weighted by atomic mass is 10.2. The fourth-order valence-corrected chi connectivity index (χ4v) is 4.07. The van der Waals surface area contributed by atoms with E-state index in [1.807, 2.05) is 42.5 Å². The number of halogens is 3. The van der Waals surface area contributed by atoms with Crippen molar-refractivity contribution in [2.45, 2.75) is 6.61 Å². The van der Waals surface area contributed by atoms with Crippen LogP contribution in [0.1, 0.15) is 11.1 Å². The number of carbonyl (C=O) groups excluding carboxylic acids is 1. The summed E-state index contributed by atoms with van der Waals surface area (Å²) in [6, 6.07) is 20.8. The van der Waals surface area contributed by atoms with E-state index in [-0.39, 0.29) is 12.5 Å². The molecule has 1 amide bonds. The molecule has 0 unspecified atom stereocenters. The highest BCUT2D eigenvalue weighted by atomic mass is 79.9. The van der Waals surface area contributed by atoms with Crippen LogP contribution >= 0.6 is 43.5 Å². The summed E-state index contributed by atoms with van der Waals surface area (Å²) in [7, 11) is 0. The minimum absolute atomic E-state index is 0.0959. The van der Waals surface area contributed by atoms with Gasteiger partial charge in [0.1, 0.15) is 12.4 Å². The van der Waals surface area contributed by atoms with E-state index in [0.717, 1.165) is 25.8 Å². The molecule has 0 saturated heterocycles. The van der Waals surface area contributed by atoms with Crippen LogP contribution in [0.3, 0.4) is 0 Å². The van der Waals surface area contributed by atoms with Gasteiger partial charge in [0.2, 0.25) is 0 Å². The van der Waals surface area contributed by atoms with Crippen molar-refractivity contribution in [3.63, 3.8) is 0 Å². The minimum atomic E-state index is -0.262. The Balaban J connectivity index is 1.52. The molecule has 3 aromatic carbocycles. The van der Waals surface area contributed by atoms with Crippen LogP contribution in [0.2, 0.25) is 5.02 Å². The molecular formula is C22H18Br2ClN3O2. The van der Waals surface area contributed by atoms with E-state index < -0.39 is 0 Å². The second-order valence-corrected chi connectivity index (χ2v) is 8.39. The highest BCUT2D eigenvalue weighted by Gasteiger charge is 2.09. The first-order valence-electron chi connectivity index (χ1n) is 8.98. The summed E-state index contributed by atoms with van der Waals surface area (Å²) in [5.41, 5.74) is 5.17. The van der Waals surface area contributed by atoms with Gasteiger partial charge in [-0.3, -0.25) is 4.79 Å². The lowest BCUT2D eigenvalue weighted by Crippen LogP contribution is -2.25. The number of amides is 1. The number of nitrogens with one attached hydrogen (secondary N) is 2. The van der Waals surface area contributed by atoms with Crippen molar-refractivity contribution in [2.24, 2.45) is 5.10 Å². The molecule has 0 aromatic heterocycles. The molecule has 0 spiro atoms. The number of carbonyl (C=O) groups is 1. The van der Waals surface area contributed by atoms with Crippen LogP contribution in [0, 0.1) is 0 Å². The van der Waals surface area contributed by atoms with E-state index in [4.69, 9.17) is 16.3 Å². The Hall–Kier alpha value is -2.35. The van der Waals surface area contributed by atoms with Crippen molar-refractivity contribution in [3.05, 3.63) is 91.8 Å². The first kappa shape index (κ1) is 22.3. The smallest absolute Gasteiger partial charge is 0.259 e. The number of anilines is 1. The summed E-state index contributed by atoms with van der Waals surface area (Å²) in [5, 5.41) is 7.64. The molecular weight excluding hydrogens is 534 g/mol. The van der Waals surface area contributed by atoms with Crippen LogP contribution in [0.25, 0.3) is 0 Å². The van der Waals surface area contributed by atoms with Gasteiger partial charge in [-0.15, -0.1) is 0 Å². The van der Waals surface area contributed by atoms with Gasteiger partial charge >= 0.3 is 0 Å². The standard InChI is InChI=1S/C22H18Br2ClN3O2/c23-19-10-16(11-20(24)22(19)30-14-15-4-2-1-3-5-15)12-27-28-21(29)13-26-18-8-6-17(25)7-9-18/h1-12,26H,13-14H2,(H,28,29)/b27-12-. The summed E-state index contributed by atoms with van der Waals surface area (Å²) in [6.45, 7) is 0.556. The van der Waals surface area contributed by atoms with Crippen LogP contribution in [0.5, 0.6) is 5.75 Å². The van der Waals surface area contributed by atoms with Crippen molar-refractivity contribution < 1.29 is 9.53 Å². The zero-order chi connectivity index (χ0) is 21.3. The van der Waals surface area contributed by atoms with Gasteiger partial charge in [-0.05, 0) is 79.4 Å². The average Bonchev–Trinajstić information content (AvgIpc) is 2.73. The zero-order valence-corrected chi connectivity index (χ0v) is 19.7. The van der Waals surface area contributed by atoms with E-state index in [2.05, 4.69) is 47.7 Å². The maximum absolute atomic E-state index is 11.9. The molecule has 3 aromatic rings. The summed E-state index contributed by atoms with van der Waals surface area (Å²) in [6.07, 6.45) is 1.57. The molecule has 0 radical (unpaired) electrons. The SMILES string of the molecule is O=C(CNc1ccc(Cl)cc1)N/N=C\c1cc(Br)c(OCc2ccccc2)c(Br)c1. The molecule has 0 aliphatic heterocycles. The van der Waals surface area contributed by atoms with Gasteiger partial charge in [-0.1, -0.05) is 41.9 Å². The van der Waals surface area contributed by atoms with Gasteiger partial charge in [-0.2, -0.15) is 5.10 Å². The number of nitrogens with zero attached hydrogens (tertiary/aromatic N) is 1. The minimum Gasteiger partial charge on any atom is -0.487 e. The number of ether oxygens (including phenoxy) is 1. The number of hydrazone groups is 1. The second-order valence-electron chi connectivity index (χ2n) is 6.24. The van der Waals surface area contributed by atoms with Crippen molar-refractivity contribution in [3.8, 4) is 5.75 Å². The third-order valence-corrected chi connectivity index (χ3v) is 5.38. The predicted molar refractivity (Wildman–Crippen MR) is 128 cm³/mol. The van der Waals surface area contributed by atoms with Crippen LogP contribution in [0.15, 0.2) is 80.8 Å². The lowest BCUT2D eigenvalue weighted by Gasteiger charge is -2.11. The lowest BCUT2D eigenvalue weighted by molar-refractivity contribution is -0.119. The summed E-state index contributed by atoms with van der Waals surface area (Å²) < 4.78 is 7.47. The molecule has 0 atom stereocenters. The van der Waals surface area contributed by atoms with Crippen LogP contribution in [-0.4, -0.2) is 18.7 Å². The van der Waals surface area contributed by atoms with Crippen molar-refractivity contribution >= 4 is 61.3 Å². The number of benzene rings is 3. The molecule has 0 fully saturated rings. The normalized spacial score (nSPS) is 10.8. The molecule has 0 aliphatic carbocycles. The third-order valence-electron chi connectivity index (χ3n) is 3.95. The number of hydrogen-bond donors (Lipinski definition) is 2. The quantitative estimate of drug-likeness (QED) is 0.266. The molecule has 3 rings (SSSR count). The Morgan fingerprint density at radius 1 is 1.03 bits per heavy atom. The molecule has 0 aliphatic rings. The molecule has 0 heterocycles. The van der Waals surface area contributed by atoms with E-state index in [1.165, 1.54) is 0 Å². The predicted octanol–water partition coefficient (Wildman–Crippen LogP) is 6.01. The van der Waals surface area contributed by atoms with Crippen LogP contribution in [-0.2, 0) is 11.4 Å². The van der Waals surface area contributed by atoms with Gasteiger partial charge < -0.3 is 10.1 Å². The van der Waals surface area contributed by atoms with Gasteiger partial charge in [-0.25, -0.2) is 5.43 Å². The zero-order valence-electron chi connectivity index (χ0n) is 15.7. The van der Waals surface area contributed by atoms with Crippen molar-refractivity contribution in [2.75, 3.05) is 11.9 Å². The second kappa shape index (κ2) is 11.2. The maximum atomic E-state index is 11.9. The van der Waals surface area contributed by atoms with Crippen molar-refractivity contribution in [1.29, 1.82) is 0 Å². The monoisotopic (exact) mass is 549 g/mol. The van der Waals surface area contributed by atoms with E-state index >= 15 is 0 Å². The van der Waals surface area contributed by atoms with Gasteiger partial charge in [0, 0.05) is 10.7 Å². The Bertz CT molecular complexity index is 1010. The topological polar surface area (TPSA) is 62.7 Å². The fraction of sp³-hybridized carbons (Fsp3) is 0.0909. The highest BCUT2D eigenvalue weighted by molar-refractivity contribution is 9.11. The van der Waals surface area contributed by atoms with E-state index in [0.29, 0.717) is 17.4 Å². The molecule has 30 heavy (non-hydrogen) atoms. The number of hydrogen-bond acceptors (Lipinski definition) is 4. The average molecular weight is 552 g/mol. The van der Waals surface area contributed by atoms with Gasteiger partial charge in [0.25, 0.3) is 5.91 Å². The summed E-state index contributed by atoms with van der Waals surface area (Å²) in [4.78, 5) is 11.9. The van der Waals surface area contributed by atoms with E-state index in [1.54, 1.807) is 30.5 Å². The first-order chi connectivity index (χ1) is 14.5. The first-order valence-corrected chi connectivity index (χ1v) is 10.9. The van der Waals surface area contributed by atoms with Crippen LogP contribution in [0.4, 0.5) is 5.69 Å². The van der Waals surface area contributed by atoms with E-state index in [9.17, 15) is 4.79 Å². The summed E-state index contributed by atoms with van der Waals surface area (Å²) >= 11 is 12.9. The molecule has 0 bridgehead atoms. The fourth-order valence-electron chi connectivity index (χ4n) is 2.49. The van der Waals surface area contributed by atoms with Gasteiger partial charge in [0.05, 0.1) is 21.7 Å².